The molecule has 4 N–H and O–H groups in total. The maximum absolute atomic E-state index is 11.8. The summed E-state index contributed by atoms with van der Waals surface area (Å²) in [5.74, 6) is -0.273. The molecular formula is C13H21N5OS. The SMILES string of the molecule is CCN(CC)CCNc1sc(C#N)c(N)c1C(=O)NC. The summed E-state index contributed by atoms with van der Waals surface area (Å²) in [7, 11) is 1.55. The van der Waals surface area contributed by atoms with Crippen LogP contribution in [0.25, 0.3) is 0 Å². The first-order valence-electron chi connectivity index (χ1n) is 6.59. The van der Waals surface area contributed by atoms with Crippen LogP contribution in [0.1, 0.15) is 29.1 Å². The number of nitriles is 1. The van der Waals surface area contributed by atoms with E-state index in [1.54, 1.807) is 7.05 Å². The van der Waals surface area contributed by atoms with Crippen molar-refractivity contribution in [3.8, 4) is 6.07 Å². The van der Waals surface area contributed by atoms with Gasteiger partial charge in [0.1, 0.15) is 15.9 Å². The third kappa shape index (κ3) is 3.62. The minimum atomic E-state index is -0.273. The summed E-state index contributed by atoms with van der Waals surface area (Å²) in [5, 5.41) is 15.4. The van der Waals surface area contributed by atoms with Crippen molar-refractivity contribution < 1.29 is 4.79 Å². The zero-order valence-electron chi connectivity index (χ0n) is 12.1. The van der Waals surface area contributed by atoms with Crippen molar-refractivity contribution in [3.05, 3.63) is 10.4 Å². The zero-order chi connectivity index (χ0) is 15.1. The topological polar surface area (TPSA) is 94.2 Å². The molecular weight excluding hydrogens is 274 g/mol. The van der Waals surface area contributed by atoms with Gasteiger partial charge in [0.05, 0.1) is 11.3 Å². The molecule has 0 aliphatic heterocycles. The van der Waals surface area contributed by atoms with Gasteiger partial charge in [0.25, 0.3) is 5.91 Å². The highest BCUT2D eigenvalue weighted by Crippen LogP contribution is 2.34. The molecule has 0 bridgehead atoms. The highest BCUT2D eigenvalue weighted by molar-refractivity contribution is 7.17. The monoisotopic (exact) mass is 295 g/mol. The Morgan fingerprint density at radius 1 is 1.45 bits per heavy atom. The highest BCUT2D eigenvalue weighted by atomic mass is 32.1. The zero-order valence-corrected chi connectivity index (χ0v) is 12.9. The summed E-state index contributed by atoms with van der Waals surface area (Å²) < 4.78 is 0. The molecule has 1 rings (SSSR count). The number of carbonyl (C=O) groups excluding carboxylic acids is 1. The van der Waals surface area contributed by atoms with Crippen molar-refractivity contribution in [2.24, 2.45) is 0 Å². The van der Waals surface area contributed by atoms with Gasteiger partial charge in [0.15, 0.2) is 0 Å². The van der Waals surface area contributed by atoms with Crippen LogP contribution in [0.2, 0.25) is 0 Å². The van der Waals surface area contributed by atoms with Crippen LogP contribution in [-0.2, 0) is 0 Å². The van der Waals surface area contributed by atoms with E-state index in [1.165, 1.54) is 11.3 Å². The summed E-state index contributed by atoms with van der Waals surface area (Å²) in [6.07, 6.45) is 0. The largest absolute Gasteiger partial charge is 0.396 e. The minimum Gasteiger partial charge on any atom is -0.396 e. The Balaban J connectivity index is 2.84. The predicted octanol–water partition coefficient (Wildman–Crippen LogP) is 1.32. The van der Waals surface area contributed by atoms with Gasteiger partial charge in [-0.05, 0) is 13.1 Å². The summed E-state index contributed by atoms with van der Waals surface area (Å²) in [6, 6.07) is 2.02. The van der Waals surface area contributed by atoms with Gasteiger partial charge >= 0.3 is 0 Å². The molecule has 0 aliphatic carbocycles. The number of rotatable bonds is 7. The van der Waals surface area contributed by atoms with E-state index in [2.05, 4.69) is 29.4 Å². The molecule has 0 radical (unpaired) electrons. The molecule has 0 spiro atoms. The molecule has 0 fully saturated rings. The number of hydrogen-bond donors (Lipinski definition) is 3. The van der Waals surface area contributed by atoms with E-state index in [1.807, 2.05) is 6.07 Å². The van der Waals surface area contributed by atoms with E-state index in [4.69, 9.17) is 11.0 Å². The second-order valence-corrected chi connectivity index (χ2v) is 5.21. The molecule has 7 heteroatoms. The summed E-state index contributed by atoms with van der Waals surface area (Å²) in [5.41, 5.74) is 6.47. The molecule has 6 nitrogen and oxygen atoms in total. The van der Waals surface area contributed by atoms with Crippen molar-refractivity contribution in [3.63, 3.8) is 0 Å². The second-order valence-electron chi connectivity index (χ2n) is 4.19. The molecule has 1 amide bonds. The number of likely N-dealkylation sites (N-methyl/N-ethyl adjacent to an activating group) is 1. The lowest BCUT2D eigenvalue weighted by atomic mass is 10.2. The van der Waals surface area contributed by atoms with Crippen molar-refractivity contribution in [2.45, 2.75) is 13.8 Å². The summed E-state index contributed by atoms with van der Waals surface area (Å²) in [4.78, 5) is 14.5. The Labute approximate surface area is 123 Å². The molecule has 0 saturated heterocycles. The fourth-order valence-corrected chi connectivity index (χ4v) is 2.81. The Bertz CT molecular complexity index is 502. The number of nitrogens with two attached hydrogens (primary N) is 1. The van der Waals surface area contributed by atoms with Gasteiger partial charge in [0.2, 0.25) is 0 Å². The molecule has 20 heavy (non-hydrogen) atoms. The van der Waals surface area contributed by atoms with Crippen LogP contribution in [0.3, 0.4) is 0 Å². The molecule has 0 saturated carbocycles. The lowest BCUT2D eigenvalue weighted by Crippen LogP contribution is -2.29. The van der Waals surface area contributed by atoms with Crippen LogP contribution < -0.4 is 16.4 Å². The number of amides is 1. The van der Waals surface area contributed by atoms with Gasteiger partial charge < -0.3 is 21.3 Å². The van der Waals surface area contributed by atoms with E-state index in [-0.39, 0.29) is 11.6 Å². The summed E-state index contributed by atoms with van der Waals surface area (Å²) >= 11 is 1.22. The first kappa shape index (κ1) is 16.3. The van der Waals surface area contributed by atoms with E-state index in [0.717, 1.165) is 19.6 Å². The van der Waals surface area contributed by atoms with Crippen LogP contribution in [0, 0.1) is 11.3 Å². The Hall–Kier alpha value is -1.78. The van der Waals surface area contributed by atoms with Crippen LogP contribution in [0.4, 0.5) is 10.7 Å². The second kappa shape index (κ2) is 7.72. The average Bonchev–Trinajstić information content (AvgIpc) is 2.79. The molecule has 1 aromatic heterocycles. The van der Waals surface area contributed by atoms with E-state index in [0.29, 0.717) is 22.0 Å². The third-order valence-corrected chi connectivity index (χ3v) is 4.18. The maximum atomic E-state index is 11.8. The Morgan fingerprint density at radius 3 is 2.60 bits per heavy atom. The molecule has 1 aromatic rings. The van der Waals surface area contributed by atoms with Crippen molar-refractivity contribution >= 4 is 27.9 Å². The van der Waals surface area contributed by atoms with Gasteiger partial charge in [-0.2, -0.15) is 5.26 Å². The van der Waals surface area contributed by atoms with Gasteiger partial charge in [-0.1, -0.05) is 13.8 Å². The quantitative estimate of drug-likeness (QED) is 0.705. The van der Waals surface area contributed by atoms with Gasteiger partial charge in [0, 0.05) is 20.1 Å². The normalized spacial score (nSPS) is 10.3. The van der Waals surface area contributed by atoms with Crippen LogP contribution in [0.15, 0.2) is 0 Å². The van der Waals surface area contributed by atoms with Gasteiger partial charge in [-0.3, -0.25) is 4.79 Å². The van der Waals surface area contributed by atoms with Crippen molar-refractivity contribution in [2.75, 3.05) is 44.3 Å². The Morgan fingerprint density at radius 2 is 2.10 bits per heavy atom. The predicted molar refractivity (Wildman–Crippen MR) is 83.1 cm³/mol. The smallest absolute Gasteiger partial charge is 0.256 e. The standard InChI is InChI=1S/C13H21N5OS/c1-4-18(5-2)7-6-17-13-10(12(19)16-3)11(15)9(8-14)20-13/h17H,4-7,15H2,1-3H3,(H,16,19). The third-order valence-electron chi connectivity index (χ3n) is 3.11. The first-order valence-corrected chi connectivity index (χ1v) is 7.41. The van der Waals surface area contributed by atoms with Crippen molar-refractivity contribution in [1.82, 2.24) is 10.2 Å². The molecule has 0 atom stereocenters. The number of nitrogens with one attached hydrogen (secondary N) is 2. The van der Waals surface area contributed by atoms with Crippen molar-refractivity contribution in [1.29, 1.82) is 5.26 Å². The number of nitrogens with zero attached hydrogens (tertiary/aromatic N) is 2. The van der Waals surface area contributed by atoms with Crippen LogP contribution in [0.5, 0.6) is 0 Å². The Kier molecular flexibility index (Phi) is 6.28. The van der Waals surface area contributed by atoms with Gasteiger partial charge in [-0.15, -0.1) is 11.3 Å². The average molecular weight is 295 g/mol. The van der Waals surface area contributed by atoms with E-state index < -0.39 is 0 Å². The number of nitrogen functional groups attached to an aromatic ring is 1. The minimum absolute atomic E-state index is 0.252. The first-order chi connectivity index (χ1) is 9.58. The number of carbonyl (C=O) groups is 1. The lowest BCUT2D eigenvalue weighted by molar-refractivity contribution is 0.0965. The van der Waals surface area contributed by atoms with Crippen LogP contribution >= 0.6 is 11.3 Å². The fourth-order valence-electron chi connectivity index (χ4n) is 1.87. The lowest BCUT2D eigenvalue weighted by Gasteiger charge is -2.18. The fraction of sp³-hybridized carbons (Fsp3) is 0.538. The number of thiophene rings is 1. The molecule has 0 aromatic carbocycles. The molecule has 0 aliphatic rings. The number of anilines is 2. The van der Waals surface area contributed by atoms with E-state index in [9.17, 15) is 4.79 Å². The maximum Gasteiger partial charge on any atom is 0.256 e. The highest BCUT2D eigenvalue weighted by Gasteiger charge is 2.21. The number of hydrogen-bond acceptors (Lipinski definition) is 6. The molecule has 1 heterocycles. The van der Waals surface area contributed by atoms with E-state index >= 15 is 0 Å². The molecule has 110 valence electrons. The van der Waals surface area contributed by atoms with Gasteiger partial charge in [-0.25, -0.2) is 0 Å². The van der Waals surface area contributed by atoms with Crippen LogP contribution in [-0.4, -0.2) is 44.0 Å². The molecule has 0 unspecified atom stereocenters. The summed E-state index contributed by atoms with van der Waals surface area (Å²) in [6.45, 7) is 7.76.